The second-order valence-corrected chi connectivity index (χ2v) is 4.91. The van der Waals surface area contributed by atoms with Crippen molar-refractivity contribution in [3.63, 3.8) is 0 Å². The number of aryl methyl sites for hydroxylation is 1. The molecular weight excluding hydrogens is 286 g/mol. The molecule has 0 aliphatic carbocycles. The average Bonchev–Trinajstić information content (AvgIpc) is 2.47. The van der Waals surface area contributed by atoms with E-state index in [0.29, 0.717) is 16.4 Å². The first-order chi connectivity index (χ1) is 10.0. The SMILES string of the molecule is COc1c(C)cc(NC(=S)c2ccccc2)cc1C(=O)O. The van der Waals surface area contributed by atoms with Crippen molar-refractivity contribution in [2.24, 2.45) is 0 Å². The highest BCUT2D eigenvalue weighted by molar-refractivity contribution is 7.81. The summed E-state index contributed by atoms with van der Waals surface area (Å²) in [5, 5.41) is 12.3. The maximum Gasteiger partial charge on any atom is 0.339 e. The number of aromatic carboxylic acids is 1. The summed E-state index contributed by atoms with van der Waals surface area (Å²) in [4.78, 5) is 11.8. The van der Waals surface area contributed by atoms with E-state index >= 15 is 0 Å². The Morgan fingerprint density at radius 1 is 1.24 bits per heavy atom. The van der Waals surface area contributed by atoms with Gasteiger partial charge in [0.25, 0.3) is 0 Å². The molecule has 0 saturated heterocycles. The molecule has 2 rings (SSSR count). The van der Waals surface area contributed by atoms with Crippen LogP contribution >= 0.6 is 12.2 Å². The first-order valence-electron chi connectivity index (χ1n) is 6.31. The van der Waals surface area contributed by atoms with Crippen molar-refractivity contribution < 1.29 is 14.6 Å². The number of carboxylic acids is 1. The normalized spacial score (nSPS) is 10.0. The Kier molecular flexibility index (Phi) is 4.55. The third-order valence-corrected chi connectivity index (χ3v) is 3.34. The van der Waals surface area contributed by atoms with Crippen molar-refractivity contribution in [1.82, 2.24) is 0 Å². The second-order valence-electron chi connectivity index (χ2n) is 4.50. The molecule has 108 valence electrons. The highest BCUT2D eigenvalue weighted by Gasteiger charge is 2.15. The van der Waals surface area contributed by atoms with Gasteiger partial charge in [-0.1, -0.05) is 42.5 Å². The van der Waals surface area contributed by atoms with E-state index in [1.807, 2.05) is 30.3 Å². The first kappa shape index (κ1) is 15.0. The number of carbonyl (C=O) groups is 1. The molecule has 0 fully saturated rings. The van der Waals surface area contributed by atoms with Gasteiger partial charge in [-0.25, -0.2) is 4.79 Å². The van der Waals surface area contributed by atoms with E-state index in [1.165, 1.54) is 13.2 Å². The first-order valence-corrected chi connectivity index (χ1v) is 6.72. The molecule has 0 aliphatic rings. The second kappa shape index (κ2) is 6.37. The van der Waals surface area contributed by atoms with Crippen molar-refractivity contribution in [3.05, 3.63) is 59.2 Å². The molecule has 2 N–H and O–H groups in total. The number of hydrogen-bond donors (Lipinski definition) is 2. The third kappa shape index (κ3) is 3.38. The molecule has 21 heavy (non-hydrogen) atoms. The zero-order valence-corrected chi connectivity index (χ0v) is 12.5. The molecule has 0 aliphatic heterocycles. The van der Waals surface area contributed by atoms with E-state index in [9.17, 15) is 9.90 Å². The molecule has 0 radical (unpaired) electrons. The molecule has 0 saturated carbocycles. The molecule has 0 atom stereocenters. The van der Waals surface area contributed by atoms with Crippen LogP contribution in [-0.4, -0.2) is 23.2 Å². The molecule has 0 spiro atoms. The summed E-state index contributed by atoms with van der Waals surface area (Å²) in [7, 11) is 1.45. The predicted molar refractivity (Wildman–Crippen MR) is 86.5 cm³/mol. The lowest BCUT2D eigenvalue weighted by Gasteiger charge is -2.13. The van der Waals surface area contributed by atoms with E-state index in [1.54, 1.807) is 13.0 Å². The van der Waals surface area contributed by atoms with Crippen LogP contribution < -0.4 is 10.1 Å². The van der Waals surface area contributed by atoms with E-state index in [2.05, 4.69) is 5.32 Å². The highest BCUT2D eigenvalue weighted by Crippen LogP contribution is 2.28. The van der Waals surface area contributed by atoms with Crippen molar-refractivity contribution >= 4 is 28.9 Å². The fraction of sp³-hybridized carbons (Fsp3) is 0.125. The molecule has 0 unspecified atom stereocenters. The molecule has 2 aromatic carbocycles. The molecule has 4 nitrogen and oxygen atoms in total. The lowest BCUT2D eigenvalue weighted by atomic mass is 10.1. The van der Waals surface area contributed by atoms with E-state index in [-0.39, 0.29) is 5.56 Å². The summed E-state index contributed by atoms with van der Waals surface area (Å²) in [5.41, 5.74) is 2.34. The number of benzene rings is 2. The Labute approximate surface area is 128 Å². The van der Waals surface area contributed by atoms with Crippen molar-refractivity contribution in [2.45, 2.75) is 6.92 Å². The number of nitrogens with one attached hydrogen (secondary N) is 1. The van der Waals surface area contributed by atoms with Gasteiger partial charge in [-0.2, -0.15) is 0 Å². The maximum atomic E-state index is 11.3. The van der Waals surface area contributed by atoms with Gasteiger partial charge in [0.05, 0.1) is 7.11 Å². The number of hydrogen-bond acceptors (Lipinski definition) is 3. The summed E-state index contributed by atoms with van der Waals surface area (Å²) in [6.07, 6.45) is 0. The summed E-state index contributed by atoms with van der Waals surface area (Å²) in [6.45, 7) is 1.79. The minimum absolute atomic E-state index is 0.107. The minimum atomic E-state index is -1.04. The third-order valence-electron chi connectivity index (χ3n) is 3.00. The standard InChI is InChI=1S/C16H15NO3S/c1-10-8-12(9-13(16(18)19)14(10)20-2)17-15(21)11-6-4-3-5-7-11/h3-9H,1-2H3,(H,17,21)(H,18,19). The maximum absolute atomic E-state index is 11.3. The zero-order valence-electron chi connectivity index (χ0n) is 11.7. The Morgan fingerprint density at radius 3 is 2.48 bits per heavy atom. The molecule has 2 aromatic rings. The van der Waals surface area contributed by atoms with Crippen LogP contribution in [0.25, 0.3) is 0 Å². The van der Waals surface area contributed by atoms with Gasteiger partial charge in [0.1, 0.15) is 16.3 Å². The Balaban J connectivity index is 2.33. The predicted octanol–water partition coefficient (Wildman–Crippen LogP) is 3.49. The van der Waals surface area contributed by atoms with Gasteiger partial charge >= 0.3 is 5.97 Å². The van der Waals surface area contributed by atoms with E-state index < -0.39 is 5.97 Å². The largest absolute Gasteiger partial charge is 0.496 e. The number of ether oxygens (including phenoxy) is 1. The summed E-state index contributed by atoms with van der Waals surface area (Å²) in [5.74, 6) is -0.678. The molecular formula is C16H15NO3S. The quantitative estimate of drug-likeness (QED) is 0.847. The van der Waals surface area contributed by atoms with Gasteiger partial charge in [0.15, 0.2) is 0 Å². The van der Waals surface area contributed by atoms with Gasteiger partial charge in [-0.15, -0.1) is 0 Å². The van der Waals surface area contributed by atoms with Crippen molar-refractivity contribution in [1.29, 1.82) is 0 Å². The van der Waals surface area contributed by atoms with Gasteiger partial charge < -0.3 is 15.2 Å². The fourth-order valence-electron chi connectivity index (χ4n) is 2.07. The monoisotopic (exact) mass is 301 g/mol. The number of rotatable bonds is 4. The molecule has 0 heterocycles. The fourth-order valence-corrected chi connectivity index (χ4v) is 2.32. The highest BCUT2D eigenvalue weighted by atomic mass is 32.1. The van der Waals surface area contributed by atoms with E-state index in [0.717, 1.165) is 11.1 Å². The van der Waals surface area contributed by atoms with Crippen LogP contribution in [0.1, 0.15) is 21.5 Å². The summed E-state index contributed by atoms with van der Waals surface area (Å²) < 4.78 is 5.14. The number of anilines is 1. The molecule has 0 aromatic heterocycles. The van der Waals surface area contributed by atoms with Crippen LogP contribution in [0, 0.1) is 6.92 Å². The summed E-state index contributed by atoms with van der Waals surface area (Å²) in [6, 6.07) is 12.8. The number of thiocarbonyl (C=S) groups is 1. The molecule has 5 heteroatoms. The molecule has 0 amide bonds. The van der Waals surface area contributed by atoms with Crippen molar-refractivity contribution in [3.8, 4) is 5.75 Å². The Bertz CT molecular complexity index is 683. The van der Waals surface area contributed by atoms with E-state index in [4.69, 9.17) is 17.0 Å². The zero-order chi connectivity index (χ0) is 15.4. The number of methoxy groups -OCH3 is 1. The summed E-state index contributed by atoms with van der Waals surface area (Å²) >= 11 is 5.33. The van der Waals surface area contributed by atoms with Gasteiger partial charge in [-0.3, -0.25) is 0 Å². The van der Waals surface area contributed by atoms with Gasteiger partial charge in [0, 0.05) is 11.3 Å². The Hall–Kier alpha value is -2.40. The molecule has 0 bridgehead atoms. The topological polar surface area (TPSA) is 58.6 Å². The smallest absolute Gasteiger partial charge is 0.339 e. The van der Waals surface area contributed by atoms with Crippen LogP contribution in [0.15, 0.2) is 42.5 Å². The van der Waals surface area contributed by atoms with Gasteiger partial charge in [-0.05, 0) is 24.6 Å². The lowest BCUT2D eigenvalue weighted by Crippen LogP contribution is -2.12. The van der Waals surface area contributed by atoms with Crippen LogP contribution in [0.5, 0.6) is 5.75 Å². The lowest BCUT2D eigenvalue weighted by molar-refractivity contribution is 0.0693. The average molecular weight is 301 g/mol. The Morgan fingerprint density at radius 2 is 1.90 bits per heavy atom. The number of carboxylic acid groups (broad SMARTS) is 1. The van der Waals surface area contributed by atoms with Crippen molar-refractivity contribution in [2.75, 3.05) is 12.4 Å². The van der Waals surface area contributed by atoms with Crippen LogP contribution in [0.4, 0.5) is 5.69 Å². The van der Waals surface area contributed by atoms with Crippen LogP contribution in [0.2, 0.25) is 0 Å². The minimum Gasteiger partial charge on any atom is -0.496 e. The van der Waals surface area contributed by atoms with Gasteiger partial charge in [0.2, 0.25) is 0 Å². The van der Waals surface area contributed by atoms with Crippen LogP contribution in [-0.2, 0) is 0 Å². The van der Waals surface area contributed by atoms with Crippen LogP contribution in [0.3, 0.4) is 0 Å².